The van der Waals surface area contributed by atoms with Crippen molar-refractivity contribution in [2.24, 2.45) is 23.7 Å². The highest BCUT2D eigenvalue weighted by Crippen LogP contribution is 2.53. The molecule has 124 valence electrons. The Kier molecular flexibility index (Phi) is 3.09. The van der Waals surface area contributed by atoms with Gasteiger partial charge in [-0.05, 0) is 49.5 Å². The molecule has 1 aromatic carbocycles. The third kappa shape index (κ3) is 2.12. The number of para-hydroxylation sites is 1. The van der Waals surface area contributed by atoms with Crippen LogP contribution in [0, 0.1) is 23.7 Å². The smallest absolute Gasteiger partial charge is 0.340 e. The van der Waals surface area contributed by atoms with E-state index in [1.165, 1.54) is 0 Å². The third-order valence-electron chi connectivity index (χ3n) is 6.49. The summed E-state index contributed by atoms with van der Waals surface area (Å²) in [7, 11) is 0. The van der Waals surface area contributed by atoms with Gasteiger partial charge in [-0.15, -0.1) is 0 Å². The molecular formula is C20H21NO3. The lowest BCUT2D eigenvalue weighted by atomic mass is 9.54. The SMILES string of the molecule is O=C(OC1C[C@@H]2CC3C[C@H](C1)C2CC3=O)c1c[nH]c2ccccc12. The van der Waals surface area contributed by atoms with Crippen molar-refractivity contribution in [3.63, 3.8) is 0 Å². The van der Waals surface area contributed by atoms with Gasteiger partial charge in [-0.3, -0.25) is 4.79 Å². The van der Waals surface area contributed by atoms with Gasteiger partial charge in [0.05, 0.1) is 5.56 Å². The number of aromatic nitrogens is 1. The van der Waals surface area contributed by atoms with Gasteiger partial charge < -0.3 is 9.72 Å². The Morgan fingerprint density at radius 2 is 1.83 bits per heavy atom. The summed E-state index contributed by atoms with van der Waals surface area (Å²) in [5, 5.41) is 0.920. The van der Waals surface area contributed by atoms with Crippen molar-refractivity contribution >= 4 is 22.7 Å². The molecule has 4 aliphatic rings. The van der Waals surface area contributed by atoms with Crippen molar-refractivity contribution in [3.8, 4) is 0 Å². The average molecular weight is 323 g/mol. The molecule has 4 heteroatoms. The van der Waals surface area contributed by atoms with Crippen LogP contribution in [0.5, 0.6) is 0 Å². The van der Waals surface area contributed by atoms with Crippen molar-refractivity contribution in [1.82, 2.24) is 4.98 Å². The van der Waals surface area contributed by atoms with E-state index in [2.05, 4.69) is 4.98 Å². The van der Waals surface area contributed by atoms with Gasteiger partial charge in [0.2, 0.25) is 0 Å². The molecule has 0 spiro atoms. The van der Waals surface area contributed by atoms with Crippen LogP contribution in [0.25, 0.3) is 10.9 Å². The van der Waals surface area contributed by atoms with Crippen LogP contribution in [-0.2, 0) is 9.53 Å². The number of nitrogens with one attached hydrogen (secondary N) is 1. The molecule has 24 heavy (non-hydrogen) atoms. The standard InChI is InChI=1S/C20H21NO3/c22-19-9-16-11-5-13(19)6-12(16)8-14(7-11)24-20(23)17-10-21-18-4-2-1-3-15(17)18/h1-4,10-14,16,21H,5-9H2/t11-,12+,13?,14?,16?. The number of hydrogen-bond acceptors (Lipinski definition) is 3. The first kappa shape index (κ1) is 14.3. The molecule has 0 radical (unpaired) electrons. The average Bonchev–Trinajstić information content (AvgIpc) is 2.99. The van der Waals surface area contributed by atoms with Crippen molar-refractivity contribution in [2.75, 3.05) is 0 Å². The topological polar surface area (TPSA) is 59.2 Å². The van der Waals surface area contributed by atoms with Gasteiger partial charge in [0.15, 0.2) is 0 Å². The number of carbonyl (C=O) groups is 2. The Balaban J connectivity index is 1.33. The van der Waals surface area contributed by atoms with E-state index < -0.39 is 0 Å². The lowest BCUT2D eigenvalue weighted by Crippen LogP contribution is -2.49. The van der Waals surface area contributed by atoms with Crippen LogP contribution in [0.4, 0.5) is 0 Å². The maximum Gasteiger partial charge on any atom is 0.340 e. The number of hydrogen-bond donors (Lipinski definition) is 1. The van der Waals surface area contributed by atoms with Crippen LogP contribution in [0.3, 0.4) is 0 Å². The van der Waals surface area contributed by atoms with Gasteiger partial charge in [0, 0.05) is 29.4 Å². The number of rotatable bonds is 2. The molecule has 2 aromatic rings. The lowest BCUT2D eigenvalue weighted by Gasteiger charge is -2.51. The number of ether oxygens (including phenoxy) is 1. The van der Waals surface area contributed by atoms with Gasteiger partial charge in [-0.25, -0.2) is 4.79 Å². The molecule has 4 saturated carbocycles. The number of fused-ring (bicyclic) bond motifs is 2. The molecule has 1 N–H and O–H groups in total. The summed E-state index contributed by atoms with van der Waals surface area (Å²) in [5.41, 5.74) is 1.58. The van der Waals surface area contributed by atoms with Crippen LogP contribution >= 0.6 is 0 Å². The zero-order valence-corrected chi connectivity index (χ0v) is 13.5. The van der Waals surface area contributed by atoms with Gasteiger partial charge in [-0.2, -0.15) is 0 Å². The molecular weight excluding hydrogens is 302 g/mol. The molecule has 4 fully saturated rings. The van der Waals surface area contributed by atoms with Crippen LogP contribution in [-0.4, -0.2) is 22.8 Å². The predicted molar refractivity (Wildman–Crippen MR) is 89.6 cm³/mol. The first-order chi connectivity index (χ1) is 11.7. The number of Topliss-reactive ketones (excluding diaryl/α,β-unsaturated/α-hetero) is 1. The predicted octanol–water partition coefficient (Wildman–Crippen LogP) is 3.72. The first-order valence-corrected chi connectivity index (χ1v) is 8.99. The number of ketones is 1. The molecule has 1 heterocycles. The molecule has 4 bridgehead atoms. The monoisotopic (exact) mass is 323 g/mol. The normalized spacial score (nSPS) is 34.5. The van der Waals surface area contributed by atoms with Gasteiger partial charge in [-0.1, -0.05) is 18.2 Å². The van der Waals surface area contributed by atoms with Crippen LogP contribution < -0.4 is 0 Å². The van der Waals surface area contributed by atoms with E-state index in [1.807, 2.05) is 24.3 Å². The molecule has 0 aliphatic heterocycles. The summed E-state index contributed by atoms with van der Waals surface area (Å²) >= 11 is 0. The van der Waals surface area contributed by atoms with Crippen molar-refractivity contribution < 1.29 is 14.3 Å². The van der Waals surface area contributed by atoms with Crippen LogP contribution in [0.2, 0.25) is 0 Å². The second-order valence-corrected chi connectivity index (χ2v) is 7.77. The summed E-state index contributed by atoms with van der Waals surface area (Å²) in [5.74, 6) is 2.23. The third-order valence-corrected chi connectivity index (χ3v) is 6.49. The van der Waals surface area contributed by atoms with Crippen molar-refractivity contribution in [2.45, 2.75) is 38.2 Å². The fraction of sp³-hybridized carbons (Fsp3) is 0.500. The van der Waals surface area contributed by atoms with Crippen molar-refractivity contribution in [3.05, 3.63) is 36.0 Å². The minimum absolute atomic E-state index is 0.00608. The second kappa shape index (κ2) is 5.20. The summed E-state index contributed by atoms with van der Waals surface area (Å²) in [6.45, 7) is 0. The Labute approximate surface area is 140 Å². The molecule has 4 nitrogen and oxygen atoms in total. The van der Waals surface area contributed by atoms with E-state index in [0.29, 0.717) is 29.1 Å². The van der Waals surface area contributed by atoms with Crippen molar-refractivity contribution in [1.29, 1.82) is 0 Å². The first-order valence-electron chi connectivity index (χ1n) is 8.99. The quantitative estimate of drug-likeness (QED) is 0.857. The van der Waals surface area contributed by atoms with E-state index in [9.17, 15) is 9.59 Å². The van der Waals surface area contributed by atoms with E-state index in [4.69, 9.17) is 4.74 Å². The maximum absolute atomic E-state index is 12.6. The minimum Gasteiger partial charge on any atom is -0.459 e. The van der Waals surface area contributed by atoms with E-state index in [0.717, 1.165) is 43.0 Å². The number of aromatic amines is 1. The summed E-state index contributed by atoms with van der Waals surface area (Å²) < 4.78 is 5.87. The van der Waals surface area contributed by atoms with E-state index >= 15 is 0 Å². The highest BCUT2D eigenvalue weighted by atomic mass is 16.5. The zero-order chi connectivity index (χ0) is 16.3. The van der Waals surface area contributed by atoms with Gasteiger partial charge in [0.1, 0.15) is 11.9 Å². The second-order valence-electron chi connectivity index (χ2n) is 7.77. The van der Waals surface area contributed by atoms with E-state index in [-0.39, 0.29) is 18.0 Å². The minimum atomic E-state index is -0.223. The maximum atomic E-state index is 12.6. The Morgan fingerprint density at radius 3 is 2.58 bits per heavy atom. The Morgan fingerprint density at radius 1 is 1.08 bits per heavy atom. The van der Waals surface area contributed by atoms with Crippen LogP contribution in [0.15, 0.2) is 30.5 Å². The lowest BCUT2D eigenvalue weighted by molar-refractivity contribution is -0.141. The fourth-order valence-corrected chi connectivity index (χ4v) is 5.42. The van der Waals surface area contributed by atoms with Crippen LogP contribution in [0.1, 0.15) is 42.5 Å². The van der Waals surface area contributed by atoms with Gasteiger partial charge in [0.25, 0.3) is 0 Å². The number of esters is 1. The molecule has 3 unspecified atom stereocenters. The van der Waals surface area contributed by atoms with E-state index in [1.54, 1.807) is 6.20 Å². The largest absolute Gasteiger partial charge is 0.459 e. The molecule has 0 saturated heterocycles. The van der Waals surface area contributed by atoms with Gasteiger partial charge >= 0.3 is 5.97 Å². The Bertz CT molecular complexity index is 807. The fourth-order valence-electron chi connectivity index (χ4n) is 5.42. The molecule has 0 amide bonds. The Hall–Kier alpha value is -2.10. The number of H-pyrrole nitrogens is 1. The highest BCUT2D eigenvalue weighted by molar-refractivity contribution is 6.04. The molecule has 1 aromatic heterocycles. The zero-order valence-electron chi connectivity index (χ0n) is 13.5. The summed E-state index contributed by atoms with van der Waals surface area (Å²) in [4.78, 5) is 27.7. The summed E-state index contributed by atoms with van der Waals surface area (Å²) in [6.07, 6.45) is 6.41. The number of carbonyl (C=O) groups excluding carboxylic acids is 2. The molecule has 6 rings (SSSR count). The number of benzene rings is 1. The molecule has 5 atom stereocenters. The summed E-state index contributed by atoms with van der Waals surface area (Å²) in [6, 6.07) is 7.80. The molecule has 4 aliphatic carbocycles. The highest BCUT2D eigenvalue weighted by Gasteiger charge is 2.50.